The van der Waals surface area contributed by atoms with Gasteiger partial charge in [-0.1, -0.05) is 37.3 Å². The van der Waals surface area contributed by atoms with Crippen molar-refractivity contribution < 1.29 is 14.3 Å². The Balaban J connectivity index is 1.84. The predicted octanol–water partition coefficient (Wildman–Crippen LogP) is 4.23. The van der Waals surface area contributed by atoms with Crippen molar-refractivity contribution in [1.29, 1.82) is 0 Å². The maximum absolute atomic E-state index is 12.5. The lowest BCUT2D eigenvalue weighted by Gasteiger charge is -2.18. The molecule has 0 radical (unpaired) electrons. The first-order chi connectivity index (χ1) is 12.1. The number of hydrogen-bond donors (Lipinski definition) is 1. The number of rotatable bonds is 5. The van der Waals surface area contributed by atoms with Crippen LogP contribution in [0.3, 0.4) is 0 Å². The van der Waals surface area contributed by atoms with E-state index in [2.05, 4.69) is 12.2 Å². The van der Waals surface area contributed by atoms with Crippen LogP contribution in [-0.2, 0) is 28.8 Å². The molecule has 25 heavy (non-hydrogen) atoms. The van der Waals surface area contributed by atoms with Crippen LogP contribution in [0, 0.1) is 5.92 Å². The van der Waals surface area contributed by atoms with E-state index in [4.69, 9.17) is 4.74 Å². The van der Waals surface area contributed by atoms with Gasteiger partial charge in [0.25, 0.3) is 0 Å². The van der Waals surface area contributed by atoms with E-state index in [0.717, 1.165) is 30.4 Å². The van der Waals surface area contributed by atoms with Gasteiger partial charge < -0.3 is 10.1 Å². The number of fused-ring (bicyclic) bond motifs is 1. The Morgan fingerprint density at radius 3 is 2.76 bits per heavy atom. The number of carbonyl (C=O) groups is 2. The van der Waals surface area contributed by atoms with Crippen LogP contribution >= 0.6 is 11.3 Å². The Morgan fingerprint density at radius 2 is 2.04 bits per heavy atom. The van der Waals surface area contributed by atoms with Gasteiger partial charge in [0.2, 0.25) is 5.91 Å². The van der Waals surface area contributed by atoms with Crippen LogP contribution in [0.5, 0.6) is 0 Å². The summed E-state index contributed by atoms with van der Waals surface area (Å²) in [4.78, 5) is 26.1. The monoisotopic (exact) mass is 357 g/mol. The minimum atomic E-state index is -0.329. The number of amides is 1. The number of thiophene rings is 1. The molecule has 4 nitrogen and oxygen atoms in total. The maximum atomic E-state index is 12.5. The molecule has 132 valence electrons. The van der Waals surface area contributed by atoms with Crippen molar-refractivity contribution in [3.63, 3.8) is 0 Å². The SMILES string of the molecule is CCOC(=O)c1c(NC(=O)Cc2ccccc2)sc2c1CC[C@H](C)C2. The van der Waals surface area contributed by atoms with Crippen LogP contribution in [0.1, 0.15) is 46.6 Å². The molecule has 1 N–H and O–H groups in total. The number of anilines is 1. The fourth-order valence-electron chi connectivity index (χ4n) is 3.21. The highest BCUT2D eigenvalue weighted by atomic mass is 32.1. The molecule has 2 aromatic rings. The van der Waals surface area contributed by atoms with E-state index < -0.39 is 0 Å². The molecule has 3 rings (SSSR count). The van der Waals surface area contributed by atoms with Crippen LogP contribution in [0.15, 0.2) is 30.3 Å². The number of carbonyl (C=O) groups excluding carboxylic acids is 2. The molecular formula is C20H23NO3S. The third-order valence-corrected chi connectivity index (χ3v) is 5.62. The van der Waals surface area contributed by atoms with E-state index in [9.17, 15) is 9.59 Å². The summed E-state index contributed by atoms with van der Waals surface area (Å²) >= 11 is 1.53. The highest BCUT2D eigenvalue weighted by Crippen LogP contribution is 2.40. The van der Waals surface area contributed by atoms with Gasteiger partial charge in [-0.3, -0.25) is 4.79 Å². The zero-order chi connectivity index (χ0) is 17.8. The molecule has 1 aromatic carbocycles. The maximum Gasteiger partial charge on any atom is 0.341 e. The fraction of sp³-hybridized carbons (Fsp3) is 0.400. The van der Waals surface area contributed by atoms with Gasteiger partial charge in [0.05, 0.1) is 18.6 Å². The minimum absolute atomic E-state index is 0.108. The van der Waals surface area contributed by atoms with Gasteiger partial charge in [-0.15, -0.1) is 11.3 Å². The fourth-order valence-corrected chi connectivity index (χ4v) is 4.63. The molecule has 5 heteroatoms. The van der Waals surface area contributed by atoms with Crippen molar-refractivity contribution >= 4 is 28.2 Å². The smallest absolute Gasteiger partial charge is 0.341 e. The van der Waals surface area contributed by atoms with Crippen molar-refractivity contribution in [1.82, 2.24) is 0 Å². The van der Waals surface area contributed by atoms with E-state index >= 15 is 0 Å². The summed E-state index contributed by atoms with van der Waals surface area (Å²) in [5, 5.41) is 3.59. The molecule has 0 bridgehead atoms. The van der Waals surface area contributed by atoms with E-state index in [-0.39, 0.29) is 11.9 Å². The van der Waals surface area contributed by atoms with E-state index in [1.165, 1.54) is 16.2 Å². The van der Waals surface area contributed by atoms with Crippen molar-refractivity contribution in [3.05, 3.63) is 51.9 Å². The first-order valence-corrected chi connectivity index (χ1v) is 9.55. The number of esters is 1. The molecule has 1 atom stereocenters. The zero-order valence-corrected chi connectivity index (χ0v) is 15.4. The van der Waals surface area contributed by atoms with Crippen molar-refractivity contribution in [3.8, 4) is 0 Å². The molecular weight excluding hydrogens is 334 g/mol. The molecule has 1 aromatic heterocycles. The third kappa shape index (κ3) is 4.10. The van der Waals surface area contributed by atoms with Crippen LogP contribution in [0.4, 0.5) is 5.00 Å². The third-order valence-electron chi connectivity index (χ3n) is 4.45. The average Bonchev–Trinajstić information content (AvgIpc) is 2.92. The van der Waals surface area contributed by atoms with Gasteiger partial charge in [0.1, 0.15) is 5.00 Å². The number of benzene rings is 1. The minimum Gasteiger partial charge on any atom is -0.462 e. The second-order valence-electron chi connectivity index (χ2n) is 6.49. The van der Waals surface area contributed by atoms with Crippen LogP contribution < -0.4 is 5.32 Å². The summed E-state index contributed by atoms with van der Waals surface area (Å²) in [5.74, 6) is 0.169. The topological polar surface area (TPSA) is 55.4 Å². The molecule has 0 saturated carbocycles. The number of nitrogens with one attached hydrogen (secondary N) is 1. The van der Waals surface area contributed by atoms with Gasteiger partial charge >= 0.3 is 5.97 Å². The van der Waals surface area contributed by atoms with E-state index in [1.807, 2.05) is 30.3 Å². The summed E-state index contributed by atoms with van der Waals surface area (Å²) in [6.45, 7) is 4.35. The highest BCUT2D eigenvalue weighted by Gasteiger charge is 2.29. The first-order valence-electron chi connectivity index (χ1n) is 8.74. The predicted molar refractivity (Wildman–Crippen MR) is 100 cm³/mol. The Morgan fingerprint density at radius 1 is 1.28 bits per heavy atom. The summed E-state index contributed by atoms with van der Waals surface area (Å²) < 4.78 is 5.24. The van der Waals surface area contributed by atoms with Gasteiger partial charge in [0.15, 0.2) is 0 Å². The number of ether oxygens (including phenoxy) is 1. The highest BCUT2D eigenvalue weighted by molar-refractivity contribution is 7.17. The van der Waals surface area contributed by atoms with Gasteiger partial charge in [-0.05, 0) is 43.2 Å². The molecule has 1 heterocycles. The summed E-state index contributed by atoms with van der Waals surface area (Å²) in [6.07, 6.45) is 3.19. The van der Waals surface area contributed by atoms with Gasteiger partial charge in [-0.25, -0.2) is 4.79 Å². The lowest BCUT2D eigenvalue weighted by Crippen LogP contribution is -2.17. The van der Waals surface area contributed by atoms with Crippen molar-refractivity contribution in [2.45, 2.75) is 39.5 Å². The second-order valence-corrected chi connectivity index (χ2v) is 7.59. The van der Waals surface area contributed by atoms with Crippen molar-refractivity contribution in [2.75, 3.05) is 11.9 Å². The summed E-state index contributed by atoms with van der Waals surface area (Å²) in [6, 6.07) is 9.60. The molecule has 0 saturated heterocycles. The quantitative estimate of drug-likeness (QED) is 0.815. The van der Waals surface area contributed by atoms with Gasteiger partial charge in [0, 0.05) is 4.88 Å². The zero-order valence-electron chi connectivity index (χ0n) is 14.6. The summed E-state index contributed by atoms with van der Waals surface area (Å²) in [7, 11) is 0. The molecule has 0 unspecified atom stereocenters. The second kappa shape index (κ2) is 7.83. The normalized spacial score (nSPS) is 16.2. The molecule has 1 amide bonds. The average molecular weight is 357 g/mol. The molecule has 0 spiro atoms. The Kier molecular flexibility index (Phi) is 5.53. The largest absolute Gasteiger partial charge is 0.462 e. The molecule has 0 fully saturated rings. The number of hydrogen-bond acceptors (Lipinski definition) is 4. The van der Waals surface area contributed by atoms with Crippen LogP contribution in [-0.4, -0.2) is 18.5 Å². The lowest BCUT2D eigenvalue weighted by molar-refractivity contribution is -0.115. The van der Waals surface area contributed by atoms with Crippen LogP contribution in [0.25, 0.3) is 0 Å². The lowest BCUT2D eigenvalue weighted by atomic mass is 9.88. The Hall–Kier alpha value is -2.14. The van der Waals surface area contributed by atoms with Crippen LogP contribution in [0.2, 0.25) is 0 Å². The van der Waals surface area contributed by atoms with E-state index in [1.54, 1.807) is 6.92 Å². The Bertz CT molecular complexity index is 767. The molecule has 1 aliphatic carbocycles. The first kappa shape index (κ1) is 17.7. The van der Waals surface area contributed by atoms with Gasteiger partial charge in [-0.2, -0.15) is 0 Å². The molecule has 1 aliphatic rings. The molecule has 0 aliphatic heterocycles. The standard InChI is InChI=1S/C20H23NO3S/c1-3-24-20(23)18-15-10-9-13(2)11-16(15)25-19(18)21-17(22)12-14-7-5-4-6-8-14/h4-8,13H,3,9-12H2,1-2H3,(H,21,22)/t13-/m0/s1. The summed E-state index contributed by atoms with van der Waals surface area (Å²) in [5.41, 5.74) is 2.58. The van der Waals surface area contributed by atoms with E-state index in [0.29, 0.717) is 29.5 Å². The van der Waals surface area contributed by atoms with Crippen molar-refractivity contribution in [2.24, 2.45) is 5.92 Å². The Labute approximate surface area is 152 Å².